The number of alkyl halides is 3. The molecule has 29 heavy (non-hydrogen) atoms. The number of imide groups is 1. The van der Waals surface area contributed by atoms with E-state index in [0.29, 0.717) is 10.5 Å². The first-order valence-electron chi connectivity index (χ1n) is 8.07. The van der Waals surface area contributed by atoms with Crippen molar-refractivity contribution in [2.45, 2.75) is 18.4 Å². The number of hydrogen-bond acceptors (Lipinski definition) is 3. The Hall–Kier alpha value is -2.78. The maximum absolute atomic E-state index is 13.9. The van der Waals surface area contributed by atoms with Gasteiger partial charge in [-0.1, -0.05) is 53.5 Å². The van der Waals surface area contributed by atoms with Gasteiger partial charge < -0.3 is 5.32 Å². The summed E-state index contributed by atoms with van der Waals surface area (Å²) in [4.78, 5) is 37.7. The highest BCUT2D eigenvalue weighted by Crippen LogP contribution is 2.35. The monoisotopic (exact) mass is 445 g/mol. The zero-order valence-corrected chi connectivity index (χ0v) is 15.9. The van der Waals surface area contributed by atoms with Gasteiger partial charge in [0.25, 0.3) is 17.5 Å². The van der Waals surface area contributed by atoms with Gasteiger partial charge in [0.2, 0.25) is 0 Å². The summed E-state index contributed by atoms with van der Waals surface area (Å²) in [6.07, 6.45) is -5.32. The highest BCUT2D eigenvalue weighted by molar-refractivity contribution is 6.36. The Kier molecular flexibility index (Phi) is 5.46. The van der Waals surface area contributed by atoms with E-state index >= 15 is 0 Å². The Morgan fingerprint density at radius 3 is 2.34 bits per heavy atom. The fourth-order valence-corrected chi connectivity index (χ4v) is 3.24. The van der Waals surface area contributed by atoms with Crippen LogP contribution in [-0.4, -0.2) is 34.6 Å². The SMILES string of the molecule is O=C(N[C@]1(C(F)(F)F)NC(=O)N(Cc2ccccc2)C1=O)c1ccc(Cl)cc1Cl. The highest BCUT2D eigenvalue weighted by atomic mass is 35.5. The topological polar surface area (TPSA) is 78.5 Å². The van der Waals surface area contributed by atoms with Crippen LogP contribution in [0, 0.1) is 0 Å². The van der Waals surface area contributed by atoms with Gasteiger partial charge in [0.1, 0.15) is 0 Å². The molecule has 152 valence electrons. The van der Waals surface area contributed by atoms with Gasteiger partial charge in [-0.15, -0.1) is 0 Å². The summed E-state index contributed by atoms with van der Waals surface area (Å²) in [6, 6.07) is 10.2. The quantitative estimate of drug-likeness (QED) is 0.703. The van der Waals surface area contributed by atoms with Crippen LogP contribution >= 0.6 is 23.2 Å². The van der Waals surface area contributed by atoms with Crippen molar-refractivity contribution < 1.29 is 27.6 Å². The molecule has 1 saturated heterocycles. The van der Waals surface area contributed by atoms with E-state index in [0.717, 1.165) is 12.1 Å². The van der Waals surface area contributed by atoms with E-state index in [4.69, 9.17) is 23.2 Å². The maximum Gasteiger partial charge on any atom is 0.440 e. The molecule has 1 aliphatic heterocycles. The van der Waals surface area contributed by atoms with Crippen molar-refractivity contribution in [2.24, 2.45) is 0 Å². The number of carbonyl (C=O) groups excluding carboxylic acids is 3. The smallest absolute Gasteiger partial charge is 0.314 e. The van der Waals surface area contributed by atoms with E-state index in [1.54, 1.807) is 41.0 Å². The summed E-state index contributed by atoms with van der Waals surface area (Å²) >= 11 is 11.6. The fourth-order valence-electron chi connectivity index (χ4n) is 2.74. The van der Waals surface area contributed by atoms with Crippen molar-refractivity contribution in [3.05, 3.63) is 69.7 Å². The summed E-state index contributed by atoms with van der Waals surface area (Å²) in [6.45, 7) is -0.402. The van der Waals surface area contributed by atoms with Gasteiger partial charge in [-0.25, -0.2) is 4.79 Å². The van der Waals surface area contributed by atoms with Crippen LogP contribution in [0.1, 0.15) is 15.9 Å². The Morgan fingerprint density at radius 1 is 1.10 bits per heavy atom. The van der Waals surface area contributed by atoms with E-state index in [1.165, 1.54) is 6.07 Å². The summed E-state index contributed by atoms with van der Waals surface area (Å²) in [7, 11) is 0. The minimum absolute atomic E-state index is 0.163. The van der Waals surface area contributed by atoms with Gasteiger partial charge in [-0.05, 0) is 23.8 Å². The summed E-state index contributed by atoms with van der Waals surface area (Å²) < 4.78 is 41.6. The highest BCUT2D eigenvalue weighted by Gasteiger charge is 2.68. The summed E-state index contributed by atoms with van der Waals surface area (Å²) in [5.74, 6) is -2.96. The number of benzene rings is 2. The molecule has 0 unspecified atom stereocenters. The van der Waals surface area contributed by atoms with Gasteiger partial charge in [0.15, 0.2) is 0 Å². The zero-order chi connectivity index (χ0) is 21.4. The van der Waals surface area contributed by atoms with Crippen molar-refractivity contribution in [1.82, 2.24) is 15.5 Å². The predicted molar refractivity (Wildman–Crippen MR) is 98.2 cm³/mol. The Bertz CT molecular complexity index is 985. The van der Waals surface area contributed by atoms with E-state index < -0.39 is 36.2 Å². The molecule has 0 aliphatic carbocycles. The molecular formula is C18H12Cl2F3N3O3. The lowest BCUT2D eigenvalue weighted by Gasteiger charge is -2.30. The number of urea groups is 1. The van der Waals surface area contributed by atoms with Gasteiger partial charge >= 0.3 is 12.2 Å². The van der Waals surface area contributed by atoms with Crippen molar-refractivity contribution >= 4 is 41.0 Å². The van der Waals surface area contributed by atoms with Crippen molar-refractivity contribution in [2.75, 3.05) is 0 Å². The largest absolute Gasteiger partial charge is 0.440 e. The molecule has 3 rings (SSSR count). The zero-order valence-electron chi connectivity index (χ0n) is 14.4. The molecule has 4 amide bonds. The fraction of sp³-hybridized carbons (Fsp3) is 0.167. The lowest BCUT2D eigenvalue weighted by atomic mass is 10.1. The van der Waals surface area contributed by atoms with Crippen LogP contribution in [0.4, 0.5) is 18.0 Å². The number of hydrogen-bond donors (Lipinski definition) is 2. The lowest BCUT2D eigenvalue weighted by molar-refractivity contribution is -0.200. The van der Waals surface area contributed by atoms with E-state index in [1.807, 2.05) is 0 Å². The molecule has 1 fully saturated rings. The summed E-state index contributed by atoms with van der Waals surface area (Å²) in [5.41, 5.74) is -3.54. The van der Waals surface area contributed by atoms with Gasteiger partial charge in [-0.3, -0.25) is 19.8 Å². The van der Waals surface area contributed by atoms with Crippen LogP contribution in [0.2, 0.25) is 10.0 Å². The van der Waals surface area contributed by atoms with E-state index in [9.17, 15) is 27.6 Å². The van der Waals surface area contributed by atoms with Crippen molar-refractivity contribution in [3.63, 3.8) is 0 Å². The van der Waals surface area contributed by atoms with E-state index in [-0.39, 0.29) is 15.6 Å². The molecule has 11 heteroatoms. The third-order valence-electron chi connectivity index (χ3n) is 4.19. The van der Waals surface area contributed by atoms with Crippen LogP contribution < -0.4 is 10.6 Å². The molecule has 2 aromatic carbocycles. The Labute approximate surface area is 172 Å². The molecule has 0 bridgehead atoms. The lowest BCUT2D eigenvalue weighted by Crippen LogP contribution is -2.69. The minimum atomic E-state index is -5.32. The molecule has 2 aromatic rings. The molecule has 1 aliphatic rings. The molecule has 1 heterocycles. The average Bonchev–Trinajstić information content (AvgIpc) is 2.87. The van der Waals surface area contributed by atoms with Crippen LogP contribution in [0.25, 0.3) is 0 Å². The molecule has 0 saturated carbocycles. The average molecular weight is 446 g/mol. The number of amides is 4. The Morgan fingerprint density at radius 2 is 1.76 bits per heavy atom. The number of nitrogens with zero attached hydrogens (tertiary/aromatic N) is 1. The second kappa shape index (κ2) is 7.57. The normalized spacial score (nSPS) is 19.3. The molecule has 0 spiro atoms. The van der Waals surface area contributed by atoms with Crippen LogP contribution in [0.5, 0.6) is 0 Å². The van der Waals surface area contributed by atoms with Crippen LogP contribution in [0.3, 0.4) is 0 Å². The van der Waals surface area contributed by atoms with Gasteiger partial charge in [-0.2, -0.15) is 13.2 Å². The number of rotatable bonds is 4. The Balaban J connectivity index is 1.94. The molecule has 0 radical (unpaired) electrons. The van der Waals surface area contributed by atoms with Gasteiger partial charge in [0, 0.05) is 5.02 Å². The summed E-state index contributed by atoms with van der Waals surface area (Å²) in [5, 5.41) is 3.11. The standard InChI is InChI=1S/C18H12Cl2F3N3O3/c19-11-6-7-12(13(20)8-11)14(27)24-17(18(21,22)23)15(28)26(16(29)25-17)9-10-4-2-1-3-5-10/h1-8H,9H2,(H,24,27)(H,25,29)/t17-/m0/s1. The second-order valence-electron chi connectivity index (χ2n) is 6.13. The third kappa shape index (κ3) is 3.88. The van der Waals surface area contributed by atoms with Crippen LogP contribution in [-0.2, 0) is 11.3 Å². The third-order valence-corrected chi connectivity index (χ3v) is 4.74. The first-order valence-corrected chi connectivity index (χ1v) is 8.83. The molecule has 1 atom stereocenters. The second-order valence-corrected chi connectivity index (χ2v) is 6.98. The maximum atomic E-state index is 13.9. The number of halogens is 5. The molecule has 0 aromatic heterocycles. The first kappa shape index (κ1) is 20.9. The number of carbonyl (C=O) groups is 3. The van der Waals surface area contributed by atoms with Crippen molar-refractivity contribution in [1.29, 1.82) is 0 Å². The first-order chi connectivity index (χ1) is 13.5. The number of nitrogens with one attached hydrogen (secondary N) is 2. The predicted octanol–water partition coefficient (Wildman–Crippen LogP) is 3.73. The molecule has 6 nitrogen and oxygen atoms in total. The van der Waals surface area contributed by atoms with Crippen LogP contribution in [0.15, 0.2) is 48.5 Å². The minimum Gasteiger partial charge on any atom is -0.314 e. The molecular weight excluding hydrogens is 434 g/mol. The van der Waals surface area contributed by atoms with E-state index in [2.05, 4.69) is 0 Å². The molecule has 2 N–H and O–H groups in total. The van der Waals surface area contributed by atoms with Crippen molar-refractivity contribution in [3.8, 4) is 0 Å². The van der Waals surface area contributed by atoms with Gasteiger partial charge in [0.05, 0.1) is 17.1 Å².